The van der Waals surface area contributed by atoms with Crippen LogP contribution in [0.3, 0.4) is 0 Å². The molecular weight excluding hydrogens is 282 g/mol. The minimum Gasteiger partial charge on any atom is -0.382 e. The van der Waals surface area contributed by atoms with Crippen molar-refractivity contribution in [3.05, 3.63) is 45.9 Å². The zero-order valence-electron chi connectivity index (χ0n) is 12.6. The molecule has 0 saturated heterocycles. The summed E-state index contributed by atoms with van der Waals surface area (Å²) in [7, 11) is 0. The minimum absolute atomic E-state index is 0.0503. The van der Waals surface area contributed by atoms with Crippen molar-refractivity contribution in [2.24, 2.45) is 0 Å². The van der Waals surface area contributed by atoms with Crippen molar-refractivity contribution >= 4 is 22.9 Å². The van der Waals surface area contributed by atoms with Crippen LogP contribution in [0.2, 0.25) is 0 Å². The van der Waals surface area contributed by atoms with Gasteiger partial charge in [0.25, 0.3) is 5.91 Å². The average molecular weight is 303 g/mol. The smallest absolute Gasteiger partial charge is 0.253 e. The quantitative estimate of drug-likeness (QED) is 0.861. The number of nitrogens with one attached hydrogen (secondary N) is 2. The van der Waals surface area contributed by atoms with Gasteiger partial charge >= 0.3 is 0 Å². The molecule has 2 N–H and O–H groups in total. The van der Waals surface area contributed by atoms with Crippen LogP contribution in [-0.4, -0.2) is 23.5 Å². The fourth-order valence-electron chi connectivity index (χ4n) is 2.04. The standard InChI is InChI=1S/C16H21N3OS/c1-11(2)18-15-7-5-4-6-14(15)16(20)17-9-8-13-10-21-12(3)19-13/h4-7,10-11,18H,8-9H2,1-3H3,(H,17,20). The Kier molecular flexibility index (Phi) is 5.33. The minimum atomic E-state index is -0.0503. The molecule has 0 unspecified atom stereocenters. The van der Waals surface area contributed by atoms with Crippen LogP contribution in [0.25, 0.3) is 0 Å². The SMILES string of the molecule is Cc1nc(CCNC(=O)c2ccccc2NC(C)C)cs1. The Morgan fingerprint density at radius 2 is 2.10 bits per heavy atom. The van der Waals surface area contributed by atoms with Gasteiger partial charge in [-0.3, -0.25) is 4.79 Å². The number of thiazole rings is 1. The topological polar surface area (TPSA) is 54.0 Å². The maximum atomic E-state index is 12.3. The van der Waals surface area contributed by atoms with Gasteiger partial charge in [0, 0.05) is 30.1 Å². The van der Waals surface area contributed by atoms with E-state index in [1.807, 2.05) is 36.6 Å². The van der Waals surface area contributed by atoms with E-state index in [2.05, 4.69) is 29.5 Å². The number of hydrogen-bond donors (Lipinski definition) is 2. The summed E-state index contributed by atoms with van der Waals surface area (Å²) in [6.45, 7) is 6.69. The predicted molar refractivity (Wildman–Crippen MR) is 88.1 cm³/mol. The Balaban J connectivity index is 1.94. The van der Waals surface area contributed by atoms with E-state index in [-0.39, 0.29) is 11.9 Å². The molecule has 0 bridgehead atoms. The molecule has 1 amide bonds. The number of carbonyl (C=O) groups is 1. The average Bonchev–Trinajstić information content (AvgIpc) is 2.84. The number of para-hydroxylation sites is 1. The Morgan fingerprint density at radius 3 is 2.76 bits per heavy atom. The summed E-state index contributed by atoms with van der Waals surface area (Å²) in [5, 5.41) is 9.35. The lowest BCUT2D eigenvalue weighted by Crippen LogP contribution is -2.27. The zero-order valence-corrected chi connectivity index (χ0v) is 13.5. The molecule has 4 nitrogen and oxygen atoms in total. The number of nitrogens with zero attached hydrogens (tertiary/aromatic N) is 1. The van der Waals surface area contributed by atoms with Crippen LogP contribution >= 0.6 is 11.3 Å². The van der Waals surface area contributed by atoms with Crippen LogP contribution in [-0.2, 0) is 6.42 Å². The van der Waals surface area contributed by atoms with E-state index in [4.69, 9.17) is 0 Å². The molecule has 1 aromatic carbocycles. The van der Waals surface area contributed by atoms with E-state index >= 15 is 0 Å². The predicted octanol–water partition coefficient (Wildman–Crippen LogP) is 3.24. The third-order valence-electron chi connectivity index (χ3n) is 2.95. The fourth-order valence-corrected chi connectivity index (χ4v) is 2.69. The van der Waals surface area contributed by atoms with Crippen molar-refractivity contribution in [1.29, 1.82) is 0 Å². The van der Waals surface area contributed by atoms with E-state index in [1.54, 1.807) is 11.3 Å². The lowest BCUT2D eigenvalue weighted by molar-refractivity contribution is 0.0955. The molecule has 0 aliphatic carbocycles. The number of aromatic nitrogens is 1. The molecule has 0 fully saturated rings. The van der Waals surface area contributed by atoms with Crippen LogP contribution in [0.5, 0.6) is 0 Å². The largest absolute Gasteiger partial charge is 0.382 e. The maximum absolute atomic E-state index is 12.3. The fraction of sp³-hybridized carbons (Fsp3) is 0.375. The molecule has 112 valence electrons. The number of rotatable bonds is 6. The van der Waals surface area contributed by atoms with Gasteiger partial charge in [0.2, 0.25) is 0 Å². The molecule has 0 spiro atoms. The summed E-state index contributed by atoms with van der Waals surface area (Å²) in [5.41, 5.74) is 2.58. The van der Waals surface area contributed by atoms with E-state index in [0.717, 1.165) is 22.8 Å². The summed E-state index contributed by atoms with van der Waals surface area (Å²) in [6.07, 6.45) is 0.760. The summed E-state index contributed by atoms with van der Waals surface area (Å²) < 4.78 is 0. The van der Waals surface area contributed by atoms with E-state index in [1.165, 1.54) is 0 Å². The molecule has 2 aromatic rings. The van der Waals surface area contributed by atoms with Crippen LogP contribution in [0.4, 0.5) is 5.69 Å². The van der Waals surface area contributed by atoms with Gasteiger partial charge in [-0.2, -0.15) is 0 Å². The Bertz CT molecular complexity index is 607. The van der Waals surface area contributed by atoms with Crippen molar-refractivity contribution in [3.63, 3.8) is 0 Å². The van der Waals surface area contributed by atoms with Crippen molar-refractivity contribution < 1.29 is 4.79 Å². The Morgan fingerprint density at radius 1 is 1.33 bits per heavy atom. The van der Waals surface area contributed by atoms with Crippen molar-refractivity contribution in [1.82, 2.24) is 10.3 Å². The zero-order chi connectivity index (χ0) is 15.2. The highest BCUT2D eigenvalue weighted by molar-refractivity contribution is 7.09. The number of benzene rings is 1. The van der Waals surface area contributed by atoms with Crippen LogP contribution < -0.4 is 10.6 Å². The van der Waals surface area contributed by atoms with Crippen LogP contribution in [0, 0.1) is 6.92 Å². The lowest BCUT2D eigenvalue weighted by Gasteiger charge is -2.14. The first-order valence-corrected chi connectivity index (χ1v) is 7.99. The molecule has 1 aromatic heterocycles. The molecule has 2 rings (SSSR count). The monoisotopic (exact) mass is 303 g/mol. The van der Waals surface area contributed by atoms with Gasteiger partial charge in [-0.25, -0.2) is 4.98 Å². The number of carbonyl (C=O) groups excluding carboxylic acids is 1. The highest BCUT2D eigenvalue weighted by Crippen LogP contribution is 2.16. The molecule has 0 aliphatic rings. The first-order valence-electron chi connectivity index (χ1n) is 7.11. The van der Waals surface area contributed by atoms with E-state index < -0.39 is 0 Å². The number of hydrogen-bond acceptors (Lipinski definition) is 4. The molecule has 1 heterocycles. The first-order chi connectivity index (χ1) is 10.1. The maximum Gasteiger partial charge on any atom is 0.253 e. The second-order valence-corrected chi connectivity index (χ2v) is 6.27. The Hall–Kier alpha value is -1.88. The number of anilines is 1. The summed E-state index contributed by atoms with van der Waals surface area (Å²) in [6, 6.07) is 7.87. The number of amides is 1. The molecule has 0 radical (unpaired) electrons. The van der Waals surface area contributed by atoms with Gasteiger partial charge in [0.05, 0.1) is 16.3 Å². The Labute approximate surface area is 129 Å². The molecule has 0 aliphatic heterocycles. The van der Waals surface area contributed by atoms with Crippen molar-refractivity contribution in [3.8, 4) is 0 Å². The van der Waals surface area contributed by atoms with E-state index in [0.29, 0.717) is 12.1 Å². The van der Waals surface area contributed by atoms with Gasteiger partial charge in [-0.05, 0) is 32.9 Å². The van der Waals surface area contributed by atoms with Crippen molar-refractivity contribution in [2.45, 2.75) is 33.2 Å². The normalized spacial score (nSPS) is 10.7. The molecule has 21 heavy (non-hydrogen) atoms. The lowest BCUT2D eigenvalue weighted by atomic mass is 10.1. The van der Waals surface area contributed by atoms with Gasteiger partial charge < -0.3 is 10.6 Å². The summed E-state index contributed by atoms with van der Waals surface area (Å²) in [4.78, 5) is 16.7. The molecule has 5 heteroatoms. The third-order valence-corrected chi connectivity index (χ3v) is 3.77. The highest BCUT2D eigenvalue weighted by Gasteiger charge is 2.11. The van der Waals surface area contributed by atoms with Gasteiger partial charge in [0.15, 0.2) is 0 Å². The van der Waals surface area contributed by atoms with Crippen molar-refractivity contribution in [2.75, 3.05) is 11.9 Å². The molecule has 0 saturated carbocycles. The van der Waals surface area contributed by atoms with Gasteiger partial charge in [-0.1, -0.05) is 12.1 Å². The third kappa shape index (κ3) is 4.56. The summed E-state index contributed by atoms with van der Waals surface area (Å²) >= 11 is 1.64. The van der Waals surface area contributed by atoms with Gasteiger partial charge in [-0.15, -0.1) is 11.3 Å². The van der Waals surface area contributed by atoms with Gasteiger partial charge in [0.1, 0.15) is 0 Å². The summed E-state index contributed by atoms with van der Waals surface area (Å²) in [5.74, 6) is -0.0503. The second kappa shape index (κ2) is 7.22. The molecular formula is C16H21N3OS. The van der Waals surface area contributed by atoms with E-state index in [9.17, 15) is 4.79 Å². The molecule has 0 atom stereocenters. The highest BCUT2D eigenvalue weighted by atomic mass is 32.1. The van der Waals surface area contributed by atoms with Crippen LogP contribution in [0.15, 0.2) is 29.6 Å². The van der Waals surface area contributed by atoms with Crippen LogP contribution in [0.1, 0.15) is 34.9 Å². The first kappa shape index (κ1) is 15.5. The number of aryl methyl sites for hydroxylation is 1. The second-order valence-electron chi connectivity index (χ2n) is 5.21.